The summed E-state index contributed by atoms with van der Waals surface area (Å²) >= 11 is 0. The Morgan fingerprint density at radius 2 is 2.18 bits per heavy atom. The van der Waals surface area contributed by atoms with Crippen molar-refractivity contribution in [1.29, 1.82) is 0 Å². The predicted molar refractivity (Wildman–Crippen MR) is 65.9 cm³/mol. The van der Waals surface area contributed by atoms with Crippen molar-refractivity contribution in [2.45, 2.75) is 32.6 Å². The summed E-state index contributed by atoms with van der Waals surface area (Å²) in [6.45, 7) is 3.26. The van der Waals surface area contributed by atoms with Crippen LogP contribution in [-0.4, -0.2) is 36.0 Å². The number of H-pyrrole nitrogens is 1. The van der Waals surface area contributed by atoms with Gasteiger partial charge in [-0.3, -0.25) is 9.82 Å². The minimum atomic E-state index is -3.41. The molecular formula is C10H18N4O2S. The van der Waals surface area contributed by atoms with Crippen molar-refractivity contribution in [3.63, 3.8) is 0 Å². The Morgan fingerprint density at radius 1 is 1.47 bits per heavy atom. The topological polar surface area (TPSA) is 78.1 Å². The average molecular weight is 258 g/mol. The molecule has 7 heteroatoms. The van der Waals surface area contributed by atoms with Crippen LogP contribution in [0.3, 0.4) is 0 Å². The number of hydrogen-bond donors (Lipinski definition) is 2. The van der Waals surface area contributed by atoms with Crippen LogP contribution in [0, 0.1) is 0 Å². The Hall–Kier alpha value is -1.08. The lowest BCUT2D eigenvalue weighted by Crippen LogP contribution is -2.33. The van der Waals surface area contributed by atoms with E-state index in [2.05, 4.69) is 21.8 Å². The second-order valence-electron chi connectivity index (χ2n) is 4.24. The smallest absolute Gasteiger partial charge is 0.280 e. The van der Waals surface area contributed by atoms with E-state index in [0.717, 1.165) is 31.4 Å². The van der Waals surface area contributed by atoms with E-state index in [1.807, 2.05) is 0 Å². The molecule has 2 N–H and O–H groups in total. The van der Waals surface area contributed by atoms with Crippen molar-refractivity contribution in [1.82, 2.24) is 14.5 Å². The van der Waals surface area contributed by atoms with Gasteiger partial charge in [0, 0.05) is 24.8 Å². The quantitative estimate of drug-likeness (QED) is 0.830. The van der Waals surface area contributed by atoms with E-state index in [9.17, 15) is 8.42 Å². The second kappa shape index (κ2) is 5.05. The number of anilines is 1. The number of aromatic amines is 1. The first-order valence-electron chi connectivity index (χ1n) is 5.94. The molecule has 0 aromatic carbocycles. The van der Waals surface area contributed by atoms with Crippen LogP contribution in [0.5, 0.6) is 0 Å². The molecule has 2 heterocycles. The van der Waals surface area contributed by atoms with Gasteiger partial charge in [0.15, 0.2) is 5.82 Å². The summed E-state index contributed by atoms with van der Waals surface area (Å²) in [6.07, 6.45) is 3.74. The summed E-state index contributed by atoms with van der Waals surface area (Å²) in [7, 11) is -3.41. The van der Waals surface area contributed by atoms with Gasteiger partial charge >= 0.3 is 10.2 Å². The molecule has 1 saturated heterocycles. The average Bonchev–Trinajstić information content (AvgIpc) is 2.88. The van der Waals surface area contributed by atoms with Gasteiger partial charge in [0.1, 0.15) is 0 Å². The highest BCUT2D eigenvalue weighted by molar-refractivity contribution is 7.90. The van der Waals surface area contributed by atoms with Crippen LogP contribution in [0.4, 0.5) is 5.82 Å². The molecule has 17 heavy (non-hydrogen) atoms. The molecular weight excluding hydrogens is 240 g/mol. The van der Waals surface area contributed by atoms with Gasteiger partial charge in [0.25, 0.3) is 0 Å². The Kier molecular flexibility index (Phi) is 3.68. The Morgan fingerprint density at radius 3 is 2.82 bits per heavy atom. The molecule has 0 radical (unpaired) electrons. The highest BCUT2D eigenvalue weighted by Crippen LogP contribution is 2.16. The van der Waals surface area contributed by atoms with E-state index in [0.29, 0.717) is 18.9 Å². The summed E-state index contributed by atoms with van der Waals surface area (Å²) in [5.41, 5.74) is 0.951. The predicted octanol–water partition coefficient (Wildman–Crippen LogP) is 1.11. The first kappa shape index (κ1) is 12.4. The lowest BCUT2D eigenvalue weighted by Gasteiger charge is -2.15. The Balaban J connectivity index is 2.03. The summed E-state index contributed by atoms with van der Waals surface area (Å²) in [4.78, 5) is 0. The summed E-state index contributed by atoms with van der Waals surface area (Å²) < 4.78 is 27.8. The molecule has 0 unspecified atom stereocenters. The van der Waals surface area contributed by atoms with Crippen molar-refractivity contribution in [2.75, 3.05) is 17.8 Å². The zero-order valence-corrected chi connectivity index (χ0v) is 10.8. The molecule has 96 valence electrons. The number of rotatable bonds is 5. The van der Waals surface area contributed by atoms with Crippen LogP contribution in [0.15, 0.2) is 6.07 Å². The van der Waals surface area contributed by atoms with E-state index < -0.39 is 10.2 Å². The van der Waals surface area contributed by atoms with Crippen molar-refractivity contribution in [2.24, 2.45) is 0 Å². The number of hydrogen-bond acceptors (Lipinski definition) is 3. The van der Waals surface area contributed by atoms with Crippen LogP contribution < -0.4 is 4.72 Å². The van der Waals surface area contributed by atoms with Crippen LogP contribution in [0.2, 0.25) is 0 Å². The molecule has 1 fully saturated rings. The minimum absolute atomic E-state index is 0.375. The van der Waals surface area contributed by atoms with Gasteiger partial charge in [0.2, 0.25) is 0 Å². The molecule has 0 amide bonds. The van der Waals surface area contributed by atoms with E-state index >= 15 is 0 Å². The maximum Gasteiger partial charge on any atom is 0.302 e. The lowest BCUT2D eigenvalue weighted by molar-refractivity contribution is 0.482. The standard InChI is InChI=1S/C10H18N4O2S/c1-2-5-9-8-10(12-11-9)13-17(15,16)14-6-3-4-7-14/h8H,2-7H2,1H3,(H2,11,12,13). The van der Waals surface area contributed by atoms with Crippen LogP contribution >= 0.6 is 0 Å². The normalized spacial score (nSPS) is 17.5. The largest absolute Gasteiger partial charge is 0.302 e. The van der Waals surface area contributed by atoms with Gasteiger partial charge in [-0.25, -0.2) is 0 Å². The molecule has 0 bridgehead atoms. The molecule has 0 spiro atoms. The van der Waals surface area contributed by atoms with Gasteiger partial charge in [-0.1, -0.05) is 13.3 Å². The van der Waals surface area contributed by atoms with Crippen molar-refractivity contribution >= 4 is 16.0 Å². The van der Waals surface area contributed by atoms with E-state index in [1.54, 1.807) is 6.07 Å². The summed E-state index contributed by atoms with van der Waals surface area (Å²) in [5.74, 6) is 0.375. The van der Waals surface area contributed by atoms with Gasteiger partial charge in [-0.15, -0.1) is 0 Å². The third kappa shape index (κ3) is 2.98. The van der Waals surface area contributed by atoms with Gasteiger partial charge in [-0.05, 0) is 19.3 Å². The first-order chi connectivity index (χ1) is 8.12. The fraction of sp³-hybridized carbons (Fsp3) is 0.700. The molecule has 1 aromatic heterocycles. The van der Waals surface area contributed by atoms with Crippen molar-refractivity contribution < 1.29 is 8.42 Å². The van der Waals surface area contributed by atoms with Crippen molar-refractivity contribution in [3.05, 3.63) is 11.8 Å². The maximum atomic E-state index is 11.9. The van der Waals surface area contributed by atoms with Gasteiger partial charge in [-0.2, -0.15) is 17.8 Å². The molecule has 1 aliphatic heterocycles. The number of aryl methyl sites for hydroxylation is 1. The second-order valence-corrected chi connectivity index (χ2v) is 5.91. The van der Waals surface area contributed by atoms with E-state index in [1.165, 1.54) is 4.31 Å². The third-order valence-corrected chi connectivity index (χ3v) is 4.30. The Labute approximate surface area is 102 Å². The SMILES string of the molecule is CCCc1cc(NS(=O)(=O)N2CCCC2)n[nH]1. The minimum Gasteiger partial charge on any atom is -0.280 e. The monoisotopic (exact) mass is 258 g/mol. The molecule has 6 nitrogen and oxygen atoms in total. The number of nitrogens with zero attached hydrogens (tertiary/aromatic N) is 2. The number of aromatic nitrogens is 2. The Bertz CT molecular complexity index is 462. The molecule has 2 rings (SSSR count). The summed E-state index contributed by atoms with van der Waals surface area (Å²) in [6, 6.07) is 1.75. The fourth-order valence-corrected chi connectivity index (χ4v) is 3.17. The lowest BCUT2D eigenvalue weighted by atomic mass is 10.2. The van der Waals surface area contributed by atoms with Crippen molar-refractivity contribution in [3.8, 4) is 0 Å². The first-order valence-corrected chi connectivity index (χ1v) is 7.38. The molecule has 0 atom stereocenters. The zero-order valence-electron chi connectivity index (χ0n) is 9.94. The zero-order chi connectivity index (χ0) is 12.3. The van der Waals surface area contributed by atoms with E-state index in [4.69, 9.17) is 0 Å². The molecule has 0 saturated carbocycles. The molecule has 0 aliphatic carbocycles. The van der Waals surface area contributed by atoms with Crippen LogP contribution in [0.25, 0.3) is 0 Å². The maximum absolute atomic E-state index is 11.9. The summed E-state index contributed by atoms with van der Waals surface area (Å²) in [5, 5.41) is 6.77. The molecule has 1 aliphatic rings. The van der Waals surface area contributed by atoms with Crippen LogP contribution in [-0.2, 0) is 16.6 Å². The third-order valence-electron chi connectivity index (χ3n) is 2.79. The molecule has 1 aromatic rings. The fourth-order valence-electron chi connectivity index (χ4n) is 1.94. The highest BCUT2D eigenvalue weighted by Gasteiger charge is 2.25. The highest BCUT2D eigenvalue weighted by atomic mass is 32.2. The number of nitrogens with one attached hydrogen (secondary N) is 2. The van der Waals surface area contributed by atoms with Gasteiger partial charge in [0.05, 0.1) is 0 Å². The van der Waals surface area contributed by atoms with E-state index in [-0.39, 0.29) is 0 Å². The van der Waals surface area contributed by atoms with Gasteiger partial charge < -0.3 is 0 Å². The van der Waals surface area contributed by atoms with Crippen LogP contribution in [0.1, 0.15) is 31.9 Å².